The van der Waals surface area contributed by atoms with Gasteiger partial charge in [-0.25, -0.2) is 0 Å². The van der Waals surface area contributed by atoms with Gasteiger partial charge in [0, 0.05) is 26.2 Å². The van der Waals surface area contributed by atoms with Crippen molar-refractivity contribution in [3.63, 3.8) is 0 Å². The van der Waals surface area contributed by atoms with E-state index in [-0.39, 0.29) is 0 Å². The van der Waals surface area contributed by atoms with Crippen molar-refractivity contribution in [3.8, 4) is 0 Å². The first kappa shape index (κ1) is 34.7. The highest BCUT2D eigenvalue weighted by Gasteiger charge is 2.10. The molecule has 12 heteroatoms. The predicted octanol–water partition coefficient (Wildman–Crippen LogP) is 0.174. The molecule has 232 valence electrons. The van der Waals surface area contributed by atoms with Crippen LogP contribution in [0.1, 0.15) is 6.42 Å². The smallest absolute Gasteiger partial charge is 0.0701 e. The molecule has 0 N–H and O–H groups in total. The normalized spacial score (nSPS) is 24.6. The fraction of sp³-hybridized carbons (Fsp3) is 1.00. The molecule has 0 bridgehead atoms. The summed E-state index contributed by atoms with van der Waals surface area (Å²) in [6, 6.07) is 0. The molecule has 0 aromatic rings. The van der Waals surface area contributed by atoms with Gasteiger partial charge in [-0.3, -0.25) is 9.80 Å². The first-order valence-corrected chi connectivity index (χ1v) is 14.7. The van der Waals surface area contributed by atoms with Gasteiger partial charge in [-0.1, -0.05) is 0 Å². The zero-order valence-electron chi connectivity index (χ0n) is 24.1. The molecule has 2 saturated heterocycles. The molecule has 39 heavy (non-hydrogen) atoms. The Hall–Kier alpha value is -0.480. The van der Waals surface area contributed by atoms with E-state index in [4.69, 9.17) is 47.4 Å². The van der Waals surface area contributed by atoms with E-state index in [0.717, 1.165) is 45.7 Å². The minimum atomic E-state index is 0.571. The van der Waals surface area contributed by atoms with Crippen molar-refractivity contribution in [1.82, 2.24) is 9.80 Å². The highest BCUT2D eigenvalue weighted by atomic mass is 16.6. The summed E-state index contributed by atoms with van der Waals surface area (Å²) in [5, 5.41) is 0. The maximum Gasteiger partial charge on any atom is 0.0701 e. The highest BCUT2D eigenvalue weighted by Crippen LogP contribution is 1.99. The van der Waals surface area contributed by atoms with Crippen LogP contribution in [0.2, 0.25) is 0 Å². The minimum Gasteiger partial charge on any atom is -0.378 e. The Morgan fingerprint density at radius 1 is 0.256 bits per heavy atom. The van der Waals surface area contributed by atoms with Crippen molar-refractivity contribution < 1.29 is 47.4 Å². The average Bonchev–Trinajstić information content (AvgIpc) is 2.94. The molecular formula is C27H54N2O10. The largest absolute Gasteiger partial charge is 0.378 e. The summed E-state index contributed by atoms with van der Waals surface area (Å²) < 4.78 is 56.3. The lowest BCUT2D eigenvalue weighted by molar-refractivity contribution is -0.0200. The van der Waals surface area contributed by atoms with Gasteiger partial charge in [0.15, 0.2) is 0 Å². The van der Waals surface area contributed by atoms with E-state index in [2.05, 4.69) is 9.80 Å². The Balaban J connectivity index is 1.70. The Morgan fingerprint density at radius 2 is 0.436 bits per heavy atom. The Kier molecular flexibility index (Phi) is 24.6. The van der Waals surface area contributed by atoms with Gasteiger partial charge in [-0.15, -0.1) is 0 Å². The average molecular weight is 567 g/mol. The Morgan fingerprint density at radius 3 is 0.641 bits per heavy atom. The molecule has 0 aliphatic carbocycles. The fourth-order valence-corrected chi connectivity index (χ4v) is 3.93. The summed E-state index contributed by atoms with van der Waals surface area (Å²) >= 11 is 0. The second kappa shape index (κ2) is 27.7. The maximum atomic E-state index is 5.80. The molecule has 0 atom stereocenters. The van der Waals surface area contributed by atoms with Gasteiger partial charge in [0.2, 0.25) is 0 Å². The molecule has 0 radical (unpaired) electrons. The molecule has 0 spiro atoms. The molecule has 0 aromatic heterocycles. The van der Waals surface area contributed by atoms with Crippen molar-refractivity contribution in [2.24, 2.45) is 0 Å². The van der Waals surface area contributed by atoms with Crippen LogP contribution in [0.4, 0.5) is 0 Å². The number of nitrogens with zero attached hydrogens (tertiary/aromatic N) is 2. The van der Waals surface area contributed by atoms with Gasteiger partial charge in [0.1, 0.15) is 0 Å². The van der Waals surface area contributed by atoms with E-state index in [9.17, 15) is 0 Å². The molecule has 12 nitrogen and oxygen atoms in total. The maximum absolute atomic E-state index is 5.80. The van der Waals surface area contributed by atoms with Gasteiger partial charge >= 0.3 is 0 Å². The summed E-state index contributed by atoms with van der Waals surface area (Å²) in [4.78, 5) is 4.82. The van der Waals surface area contributed by atoms with Gasteiger partial charge in [-0.05, 0) is 19.5 Å². The fourth-order valence-electron chi connectivity index (χ4n) is 3.93. The lowest BCUT2D eigenvalue weighted by Gasteiger charge is -2.26. The van der Waals surface area contributed by atoms with Crippen LogP contribution in [0, 0.1) is 0 Å². The first-order valence-electron chi connectivity index (χ1n) is 14.7. The molecule has 0 aromatic carbocycles. The first-order chi connectivity index (χ1) is 19.4. The SMILES string of the molecule is C(CN1CCOCCOCCOCCOCCOCC1)CN1CCOCCOCCOCCOCCOCC1. The van der Waals surface area contributed by atoms with Crippen LogP contribution in [-0.4, -0.2) is 181 Å². The zero-order chi connectivity index (χ0) is 27.3. The highest BCUT2D eigenvalue weighted by molar-refractivity contribution is 4.63. The standard InChI is InChI=1S/C27H54N2O10/c1(2-28-4-8-30-12-16-34-20-24-38-25-21-35-17-13-31-9-5-28)3-29-6-10-32-14-18-36-22-26-39-27-23-37-19-15-33-11-7-29/h1-27H2. The molecule has 0 saturated carbocycles. The number of rotatable bonds is 4. The summed E-state index contributed by atoms with van der Waals surface area (Å²) in [6.07, 6.45) is 1.04. The predicted molar refractivity (Wildman–Crippen MR) is 146 cm³/mol. The van der Waals surface area contributed by atoms with Crippen LogP contribution >= 0.6 is 0 Å². The Labute approximate surface area is 235 Å². The monoisotopic (exact) mass is 566 g/mol. The van der Waals surface area contributed by atoms with Crippen LogP contribution in [-0.2, 0) is 47.4 Å². The van der Waals surface area contributed by atoms with Crippen molar-refractivity contribution in [2.75, 3.05) is 171 Å². The van der Waals surface area contributed by atoms with Crippen molar-refractivity contribution >= 4 is 0 Å². The van der Waals surface area contributed by atoms with Crippen LogP contribution in [0.3, 0.4) is 0 Å². The van der Waals surface area contributed by atoms with Crippen LogP contribution in [0.15, 0.2) is 0 Å². The second-order valence-corrected chi connectivity index (χ2v) is 9.16. The molecule has 0 amide bonds. The molecule has 2 heterocycles. The third-order valence-electron chi connectivity index (χ3n) is 6.13. The number of hydrogen-bond donors (Lipinski definition) is 0. The topological polar surface area (TPSA) is 98.8 Å². The van der Waals surface area contributed by atoms with Crippen LogP contribution in [0.25, 0.3) is 0 Å². The zero-order valence-corrected chi connectivity index (χ0v) is 24.1. The Bertz CT molecular complexity index is 431. The summed E-state index contributed by atoms with van der Waals surface area (Å²) in [6.45, 7) is 17.3. The molecule has 2 rings (SSSR count). The van der Waals surface area contributed by atoms with Gasteiger partial charge in [0.05, 0.1) is 132 Å². The number of ether oxygens (including phenoxy) is 10. The van der Waals surface area contributed by atoms with E-state index in [1.165, 1.54) is 0 Å². The summed E-state index contributed by atoms with van der Waals surface area (Å²) in [5.41, 5.74) is 0. The third kappa shape index (κ3) is 22.8. The van der Waals surface area contributed by atoms with Crippen LogP contribution < -0.4 is 0 Å². The molecule has 2 aliphatic rings. The molecule has 2 aliphatic heterocycles. The molecule has 0 unspecified atom stereocenters. The number of hydrogen-bond acceptors (Lipinski definition) is 12. The van der Waals surface area contributed by atoms with E-state index < -0.39 is 0 Å². The van der Waals surface area contributed by atoms with Crippen molar-refractivity contribution in [2.45, 2.75) is 6.42 Å². The van der Waals surface area contributed by atoms with Gasteiger partial charge in [-0.2, -0.15) is 0 Å². The lowest BCUT2D eigenvalue weighted by atomic mass is 10.3. The third-order valence-corrected chi connectivity index (χ3v) is 6.13. The van der Waals surface area contributed by atoms with Gasteiger partial charge < -0.3 is 47.4 Å². The van der Waals surface area contributed by atoms with E-state index in [0.29, 0.717) is 132 Å². The van der Waals surface area contributed by atoms with E-state index >= 15 is 0 Å². The van der Waals surface area contributed by atoms with Crippen LogP contribution in [0.5, 0.6) is 0 Å². The quantitative estimate of drug-likeness (QED) is 0.464. The summed E-state index contributed by atoms with van der Waals surface area (Å²) in [7, 11) is 0. The summed E-state index contributed by atoms with van der Waals surface area (Å²) in [5.74, 6) is 0. The lowest BCUT2D eigenvalue weighted by Crippen LogP contribution is -2.37. The van der Waals surface area contributed by atoms with Crippen molar-refractivity contribution in [1.29, 1.82) is 0 Å². The second-order valence-electron chi connectivity index (χ2n) is 9.16. The molecule has 2 fully saturated rings. The van der Waals surface area contributed by atoms with E-state index in [1.54, 1.807) is 0 Å². The van der Waals surface area contributed by atoms with E-state index in [1.807, 2.05) is 0 Å². The van der Waals surface area contributed by atoms with Crippen molar-refractivity contribution in [3.05, 3.63) is 0 Å². The molecular weight excluding hydrogens is 512 g/mol. The van der Waals surface area contributed by atoms with Gasteiger partial charge in [0.25, 0.3) is 0 Å². The minimum absolute atomic E-state index is 0.571.